The van der Waals surface area contributed by atoms with Crippen LogP contribution in [0.25, 0.3) is 16.9 Å². The molecule has 2 aromatic heterocycles. The Balaban J connectivity index is 1.42. The third-order valence-electron chi connectivity index (χ3n) is 5.27. The number of nitrogens with one attached hydrogen (secondary N) is 2. The highest BCUT2D eigenvalue weighted by Gasteiger charge is 2.20. The molecule has 0 bridgehead atoms. The molecular formula is C25H14F4N6O2. The Morgan fingerprint density at radius 3 is 2.35 bits per heavy atom. The largest absolute Gasteiger partial charge is 0.323 e. The minimum atomic E-state index is -1.41. The van der Waals surface area contributed by atoms with Gasteiger partial charge in [-0.2, -0.15) is 0 Å². The first-order valence-corrected chi connectivity index (χ1v) is 10.6. The number of hydrogen-bond acceptors (Lipinski definition) is 5. The van der Waals surface area contributed by atoms with E-state index in [0.717, 1.165) is 24.3 Å². The second-order valence-corrected chi connectivity index (χ2v) is 7.76. The van der Waals surface area contributed by atoms with Gasteiger partial charge >= 0.3 is 6.03 Å². The molecule has 0 atom stereocenters. The van der Waals surface area contributed by atoms with E-state index in [4.69, 9.17) is 0 Å². The van der Waals surface area contributed by atoms with Gasteiger partial charge in [-0.25, -0.2) is 32.3 Å². The summed E-state index contributed by atoms with van der Waals surface area (Å²) < 4.78 is 57.0. The SMILES string of the molecule is O=C(Nc1ccc(F)c(F)c1)Nc1cc(F)c(F)c(C(=O)c2ccc3ncc(-n4ccnc4)nc3c2)c1. The van der Waals surface area contributed by atoms with Crippen molar-refractivity contribution in [3.8, 4) is 5.82 Å². The number of fused-ring (bicyclic) bond motifs is 1. The maximum absolute atomic E-state index is 14.6. The predicted octanol–water partition coefficient (Wildman–Crippen LogP) is 5.25. The molecule has 12 heteroatoms. The molecule has 2 N–H and O–H groups in total. The number of urea groups is 1. The standard InChI is InChI=1S/C25H14F4N6O2/c26-17-3-2-14(9-18(17)27)32-25(37)33-15-8-16(23(29)19(28)10-15)24(36)13-1-4-20-21(7-13)34-22(11-31-20)35-6-5-30-12-35/h1-12H,(H2,32,33,37). The van der Waals surface area contributed by atoms with Crippen LogP contribution in [0.1, 0.15) is 15.9 Å². The fourth-order valence-electron chi connectivity index (χ4n) is 3.51. The number of aromatic nitrogens is 4. The number of imidazole rings is 1. The summed E-state index contributed by atoms with van der Waals surface area (Å²) >= 11 is 0. The first-order valence-electron chi connectivity index (χ1n) is 10.6. The molecule has 0 unspecified atom stereocenters. The van der Waals surface area contributed by atoms with E-state index in [1.165, 1.54) is 30.7 Å². The average Bonchev–Trinajstić information content (AvgIpc) is 3.42. The Kier molecular flexibility index (Phi) is 6.05. The lowest BCUT2D eigenvalue weighted by atomic mass is 10.0. The third-order valence-corrected chi connectivity index (χ3v) is 5.27. The zero-order chi connectivity index (χ0) is 26.1. The zero-order valence-corrected chi connectivity index (χ0v) is 18.5. The molecule has 0 fully saturated rings. The van der Waals surface area contributed by atoms with Crippen molar-refractivity contribution in [2.75, 3.05) is 10.6 Å². The van der Waals surface area contributed by atoms with Gasteiger partial charge < -0.3 is 10.6 Å². The van der Waals surface area contributed by atoms with Crippen molar-refractivity contribution >= 4 is 34.2 Å². The smallest absolute Gasteiger partial charge is 0.308 e. The van der Waals surface area contributed by atoms with Crippen LogP contribution in [0.2, 0.25) is 0 Å². The number of carbonyl (C=O) groups is 2. The van der Waals surface area contributed by atoms with Crippen LogP contribution >= 0.6 is 0 Å². The summed E-state index contributed by atoms with van der Waals surface area (Å²) in [5, 5.41) is 4.47. The summed E-state index contributed by atoms with van der Waals surface area (Å²) in [6.07, 6.45) is 6.25. The van der Waals surface area contributed by atoms with Gasteiger partial charge in [-0.1, -0.05) is 0 Å². The molecule has 2 heterocycles. The number of anilines is 2. The van der Waals surface area contributed by atoms with Gasteiger partial charge in [0.05, 0.1) is 22.8 Å². The Morgan fingerprint density at radius 2 is 1.59 bits per heavy atom. The lowest BCUT2D eigenvalue weighted by Gasteiger charge is -2.11. The van der Waals surface area contributed by atoms with Gasteiger partial charge in [0.2, 0.25) is 0 Å². The van der Waals surface area contributed by atoms with Gasteiger partial charge in [-0.3, -0.25) is 14.3 Å². The lowest BCUT2D eigenvalue weighted by Crippen LogP contribution is -2.20. The van der Waals surface area contributed by atoms with Crippen LogP contribution in [-0.2, 0) is 0 Å². The van der Waals surface area contributed by atoms with Crippen LogP contribution in [0.15, 0.2) is 73.4 Å². The summed E-state index contributed by atoms with van der Waals surface area (Å²) in [6.45, 7) is 0. The molecule has 0 saturated heterocycles. The number of hydrogen-bond donors (Lipinski definition) is 2. The van der Waals surface area contributed by atoms with Crippen LogP contribution < -0.4 is 10.6 Å². The highest BCUT2D eigenvalue weighted by molar-refractivity contribution is 6.11. The number of ketones is 1. The Bertz CT molecular complexity index is 1670. The maximum atomic E-state index is 14.6. The van der Waals surface area contributed by atoms with E-state index in [9.17, 15) is 27.2 Å². The van der Waals surface area contributed by atoms with Crippen LogP contribution in [0.5, 0.6) is 0 Å². The maximum Gasteiger partial charge on any atom is 0.323 e. The molecule has 0 radical (unpaired) electrons. The van der Waals surface area contributed by atoms with E-state index in [2.05, 4.69) is 25.6 Å². The Morgan fingerprint density at radius 1 is 0.811 bits per heavy atom. The monoisotopic (exact) mass is 506 g/mol. The van der Waals surface area contributed by atoms with E-state index in [-0.39, 0.29) is 16.9 Å². The van der Waals surface area contributed by atoms with Crippen molar-refractivity contribution in [1.82, 2.24) is 19.5 Å². The number of halogens is 4. The van der Waals surface area contributed by atoms with Crippen molar-refractivity contribution in [3.63, 3.8) is 0 Å². The molecule has 8 nitrogen and oxygen atoms in total. The fraction of sp³-hybridized carbons (Fsp3) is 0. The number of benzene rings is 3. The Labute approximate surface area is 205 Å². The third kappa shape index (κ3) is 4.85. The van der Waals surface area contributed by atoms with E-state index in [0.29, 0.717) is 22.9 Å². The molecule has 0 aliphatic carbocycles. The van der Waals surface area contributed by atoms with Crippen LogP contribution in [-0.4, -0.2) is 31.3 Å². The average molecular weight is 506 g/mol. The normalized spacial score (nSPS) is 10.9. The molecule has 0 spiro atoms. The number of rotatable bonds is 5. The first kappa shape index (κ1) is 23.6. The van der Waals surface area contributed by atoms with Crippen LogP contribution in [0.4, 0.5) is 33.7 Å². The van der Waals surface area contributed by atoms with E-state index < -0.39 is 40.6 Å². The van der Waals surface area contributed by atoms with Crippen molar-refractivity contribution in [2.24, 2.45) is 0 Å². The molecular weight excluding hydrogens is 492 g/mol. The van der Waals surface area contributed by atoms with Crippen LogP contribution in [0, 0.1) is 23.3 Å². The quantitative estimate of drug-likeness (QED) is 0.251. The molecule has 5 rings (SSSR count). The highest BCUT2D eigenvalue weighted by atomic mass is 19.2. The minimum Gasteiger partial charge on any atom is -0.308 e. The van der Waals surface area contributed by atoms with Crippen LogP contribution in [0.3, 0.4) is 0 Å². The van der Waals surface area contributed by atoms with Gasteiger partial charge in [0.15, 0.2) is 34.9 Å². The van der Waals surface area contributed by atoms with Crippen molar-refractivity contribution in [1.29, 1.82) is 0 Å². The summed E-state index contributed by atoms with van der Waals surface area (Å²) in [5.74, 6) is -5.50. The second kappa shape index (κ2) is 9.49. The molecule has 0 aliphatic rings. The minimum absolute atomic E-state index is 0.00581. The van der Waals surface area contributed by atoms with Crippen molar-refractivity contribution < 1.29 is 27.2 Å². The predicted molar refractivity (Wildman–Crippen MR) is 125 cm³/mol. The summed E-state index contributed by atoms with van der Waals surface area (Å²) in [6, 6.07) is 7.65. The summed E-state index contributed by atoms with van der Waals surface area (Å²) in [7, 11) is 0. The molecule has 37 heavy (non-hydrogen) atoms. The van der Waals surface area contributed by atoms with Gasteiger partial charge in [-0.05, 0) is 36.4 Å². The first-order chi connectivity index (χ1) is 17.8. The van der Waals surface area contributed by atoms with E-state index in [1.807, 2.05) is 0 Å². The number of nitrogens with zero attached hydrogens (tertiary/aromatic N) is 4. The van der Waals surface area contributed by atoms with Gasteiger partial charge in [0, 0.05) is 41.5 Å². The summed E-state index contributed by atoms with van der Waals surface area (Å²) in [5.41, 5.74) is -0.157. The lowest BCUT2D eigenvalue weighted by molar-refractivity contribution is 0.103. The van der Waals surface area contributed by atoms with Gasteiger partial charge in [-0.15, -0.1) is 0 Å². The van der Waals surface area contributed by atoms with Gasteiger partial charge in [0.1, 0.15) is 6.33 Å². The van der Waals surface area contributed by atoms with E-state index in [1.54, 1.807) is 17.0 Å². The fourth-order valence-corrected chi connectivity index (χ4v) is 3.51. The van der Waals surface area contributed by atoms with Gasteiger partial charge in [0.25, 0.3) is 0 Å². The molecule has 5 aromatic rings. The molecule has 184 valence electrons. The number of amides is 2. The highest BCUT2D eigenvalue weighted by Crippen LogP contribution is 2.24. The Hall–Kier alpha value is -5.13. The summed E-state index contributed by atoms with van der Waals surface area (Å²) in [4.78, 5) is 38.0. The van der Waals surface area contributed by atoms with E-state index >= 15 is 0 Å². The zero-order valence-electron chi connectivity index (χ0n) is 18.5. The van der Waals surface area contributed by atoms with Crippen molar-refractivity contribution in [2.45, 2.75) is 0 Å². The van der Waals surface area contributed by atoms with Crippen molar-refractivity contribution in [3.05, 3.63) is 108 Å². The molecule has 0 aliphatic heterocycles. The topological polar surface area (TPSA) is 102 Å². The molecule has 0 saturated carbocycles. The molecule has 2 amide bonds. The number of carbonyl (C=O) groups excluding carboxylic acids is 2. The molecule has 3 aromatic carbocycles. The second-order valence-electron chi connectivity index (χ2n) is 7.76.